The van der Waals surface area contributed by atoms with Crippen molar-refractivity contribution in [3.05, 3.63) is 69.0 Å². The van der Waals surface area contributed by atoms with Gasteiger partial charge >= 0.3 is 0 Å². The maximum absolute atomic E-state index is 13.0. The molecule has 7 heteroatoms. The Morgan fingerprint density at radius 3 is 2.36 bits per heavy atom. The van der Waals surface area contributed by atoms with Crippen molar-refractivity contribution in [3.8, 4) is 0 Å². The van der Waals surface area contributed by atoms with Crippen LogP contribution in [0.15, 0.2) is 53.4 Å². The van der Waals surface area contributed by atoms with E-state index in [4.69, 9.17) is 28.3 Å². The van der Waals surface area contributed by atoms with Gasteiger partial charge in [0.2, 0.25) is 0 Å². The van der Waals surface area contributed by atoms with E-state index in [1.165, 1.54) is 0 Å². The van der Waals surface area contributed by atoms with Gasteiger partial charge in [-0.1, -0.05) is 59.6 Å². The van der Waals surface area contributed by atoms with Crippen LogP contribution in [-0.4, -0.2) is 29.3 Å². The first kappa shape index (κ1) is 18.0. The Morgan fingerprint density at radius 2 is 1.68 bits per heavy atom. The number of benzene rings is 2. The Bertz CT molecular complexity index is 868. The van der Waals surface area contributed by atoms with E-state index in [0.29, 0.717) is 21.8 Å². The average molecular weight is 394 g/mol. The molecule has 1 aliphatic heterocycles. The molecule has 2 aromatic carbocycles. The number of hydrogen-bond donors (Lipinski definition) is 1. The molecule has 0 bridgehead atoms. The number of amides is 2. The van der Waals surface area contributed by atoms with E-state index in [9.17, 15) is 9.59 Å². The summed E-state index contributed by atoms with van der Waals surface area (Å²) in [6.45, 7) is -0.102. The Balaban J connectivity index is 2.11. The van der Waals surface area contributed by atoms with Gasteiger partial charge in [-0.15, -0.1) is 11.8 Å². The van der Waals surface area contributed by atoms with E-state index in [1.54, 1.807) is 42.5 Å². The molecule has 0 spiro atoms. The lowest BCUT2D eigenvalue weighted by atomic mass is 10.1. The van der Waals surface area contributed by atoms with Crippen molar-refractivity contribution in [2.75, 3.05) is 17.3 Å². The van der Waals surface area contributed by atoms with Crippen LogP contribution in [0.2, 0.25) is 10.0 Å². The molecule has 128 valence electrons. The van der Waals surface area contributed by atoms with E-state index in [0.717, 1.165) is 16.7 Å². The molecule has 1 heterocycles. The van der Waals surface area contributed by atoms with Gasteiger partial charge in [0.1, 0.15) is 0 Å². The van der Waals surface area contributed by atoms with Crippen molar-refractivity contribution in [2.45, 2.75) is 0 Å². The number of imide groups is 1. The summed E-state index contributed by atoms with van der Waals surface area (Å²) in [5.74, 6) is -0.616. The van der Waals surface area contributed by atoms with Gasteiger partial charge in [-0.2, -0.15) is 0 Å². The van der Waals surface area contributed by atoms with Crippen LogP contribution in [0.25, 0.3) is 5.57 Å². The number of hydrogen-bond acceptors (Lipinski definition) is 4. The van der Waals surface area contributed by atoms with Gasteiger partial charge < -0.3 is 5.11 Å². The monoisotopic (exact) mass is 393 g/mol. The molecule has 2 amide bonds. The van der Waals surface area contributed by atoms with E-state index >= 15 is 0 Å². The lowest BCUT2D eigenvalue weighted by Gasteiger charge is -2.17. The van der Waals surface area contributed by atoms with Gasteiger partial charge in [-0.05, 0) is 17.7 Å². The molecule has 0 saturated carbocycles. The third kappa shape index (κ3) is 3.33. The van der Waals surface area contributed by atoms with Gasteiger partial charge in [0.05, 0.1) is 32.8 Å². The number of carbonyl (C=O) groups excluding carboxylic acids is 2. The summed E-state index contributed by atoms with van der Waals surface area (Å²) in [5.41, 5.74) is 1.19. The molecule has 1 aliphatic rings. The zero-order valence-corrected chi connectivity index (χ0v) is 15.2. The molecular weight excluding hydrogens is 381 g/mol. The third-order valence-corrected chi connectivity index (χ3v) is 5.48. The molecule has 0 aliphatic carbocycles. The van der Waals surface area contributed by atoms with E-state index in [2.05, 4.69) is 0 Å². The summed E-state index contributed by atoms with van der Waals surface area (Å²) in [6.07, 6.45) is 0. The highest BCUT2D eigenvalue weighted by Crippen LogP contribution is 2.41. The van der Waals surface area contributed by atoms with Crippen molar-refractivity contribution in [2.24, 2.45) is 0 Å². The highest BCUT2D eigenvalue weighted by atomic mass is 35.5. The van der Waals surface area contributed by atoms with Crippen molar-refractivity contribution in [1.29, 1.82) is 0 Å². The second-order valence-corrected chi connectivity index (χ2v) is 7.05. The Labute approximate surface area is 159 Å². The van der Waals surface area contributed by atoms with Crippen LogP contribution < -0.4 is 4.90 Å². The molecule has 1 N–H and O–H groups in total. The predicted molar refractivity (Wildman–Crippen MR) is 102 cm³/mol. The minimum Gasteiger partial charge on any atom is -0.396 e. The second-order valence-electron chi connectivity index (χ2n) is 5.16. The highest BCUT2D eigenvalue weighted by molar-refractivity contribution is 8.04. The third-order valence-electron chi connectivity index (χ3n) is 3.61. The Morgan fingerprint density at radius 1 is 0.960 bits per heavy atom. The normalized spacial score (nSPS) is 14.6. The van der Waals surface area contributed by atoms with Crippen molar-refractivity contribution < 1.29 is 14.7 Å². The average Bonchev–Trinajstić information content (AvgIpc) is 2.86. The number of thioether (sulfide) groups is 1. The molecule has 0 saturated heterocycles. The fraction of sp³-hybridized carbons (Fsp3) is 0.111. The molecular formula is C18H13Cl2NO3S. The van der Waals surface area contributed by atoms with Crippen LogP contribution in [0.4, 0.5) is 5.69 Å². The first-order chi connectivity index (χ1) is 12.1. The number of anilines is 1. The maximum Gasteiger partial charge on any atom is 0.272 e. The minimum atomic E-state index is -0.466. The topological polar surface area (TPSA) is 57.6 Å². The molecule has 0 radical (unpaired) electrons. The highest BCUT2D eigenvalue weighted by Gasteiger charge is 2.41. The lowest BCUT2D eigenvalue weighted by Crippen LogP contribution is -2.31. The number of aliphatic hydroxyl groups excluding tert-OH is 1. The van der Waals surface area contributed by atoms with E-state index in [-0.39, 0.29) is 22.3 Å². The Hall–Kier alpha value is -1.79. The SMILES string of the molecule is O=C1C(SCCO)=C(c2ccccc2)C(=O)N1c1cccc(Cl)c1Cl. The zero-order valence-electron chi connectivity index (χ0n) is 12.9. The summed E-state index contributed by atoms with van der Waals surface area (Å²) in [5, 5.41) is 9.51. The fourth-order valence-corrected chi connectivity index (χ4v) is 3.77. The minimum absolute atomic E-state index is 0.102. The summed E-state index contributed by atoms with van der Waals surface area (Å²) < 4.78 is 0. The molecule has 0 fully saturated rings. The van der Waals surface area contributed by atoms with E-state index in [1.807, 2.05) is 6.07 Å². The van der Waals surface area contributed by atoms with Gasteiger partial charge in [-0.25, -0.2) is 4.90 Å². The van der Waals surface area contributed by atoms with Gasteiger partial charge in [0.15, 0.2) is 0 Å². The smallest absolute Gasteiger partial charge is 0.272 e. The van der Waals surface area contributed by atoms with Crippen LogP contribution >= 0.6 is 35.0 Å². The number of halogens is 2. The summed E-state index contributed by atoms with van der Waals surface area (Å²) in [7, 11) is 0. The standard InChI is InChI=1S/C18H13Cl2NO3S/c19-12-7-4-8-13(15(12)20)21-17(23)14(11-5-2-1-3-6-11)16(18(21)24)25-10-9-22/h1-8,22H,9-10H2. The summed E-state index contributed by atoms with van der Waals surface area (Å²) in [6, 6.07) is 13.7. The molecule has 25 heavy (non-hydrogen) atoms. The van der Waals surface area contributed by atoms with Crippen molar-refractivity contribution >= 4 is 58.0 Å². The molecule has 0 unspecified atom stereocenters. The van der Waals surface area contributed by atoms with E-state index < -0.39 is 11.8 Å². The van der Waals surface area contributed by atoms with Gasteiger partial charge in [0, 0.05) is 5.75 Å². The number of nitrogens with zero attached hydrogens (tertiary/aromatic N) is 1. The van der Waals surface area contributed by atoms with Crippen LogP contribution in [0.5, 0.6) is 0 Å². The number of aliphatic hydroxyl groups is 1. The van der Waals surface area contributed by atoms with Crippen LogP contribution in [-0.2, 0) is 9.59 Å². The Kier molecular flexibility index (Phi) is 5.49. The second kappa shape index (κ2) is 7.62. The molecule has 2 aromatic rings. The zero-order chi connectivity index (χ0) is 18.0. The lowest BCUT2D eigenvalue weighted by molar-refractivity contribution is -0.119. The summed E-state index contributed by atoms with van der Waals surface area (Å²) in [4.78, 5) is 27.3. The predicted octanol–water partition coefficient (Wildman–Crippen LogP) is 4.00. The fourth-order valence-electron chi connectivity index (χ4n) is 2.53. The molecule has 4 nitrogen and oxygen atoms in total. The van der Waals surface area contributed by atoms with Crippen LogP contribution in [0.3, 0.4) is 0 Å². The number of carbonyl (C=O) groups is 2. The largest absolute Gasteiger partial charge is 0.396 e. The first-order valence-corrected chi connectivity index (χ1v) is 9.16. The van der Waals surface area contributed by atoms with Crippen LogP contribution in [0, 0.1) is 0 Å². The van der Waals surface area contributed by atoms with Crippen molar-refractivity contribution in [3.63, 3.8) is 0 Å². The molecule has 0 atom stereocenters. The van der Waals surface area contributed by atoms with Crippen molar-refractivity contribution in [1.82, 2.24) is 0 Å². The molecule has 0 aromatic heterocycles. The number of rotatable bonds is 5. The van der Waals surface area contributed by atoms with Gasteiger partial charge in [0.25, 0.3) is 11.8 Å². The van der Waals surface area contributed by atoms with Crippen LogP contribution in [0.1, 0.15) is 5.56 Å². The quantitative estimate of drug-likeness (QED) is 0.779. The maximum atomic E-state index is 13.0. The first-order valence-electron chi connectivity index (χ1n) is 7.42. The summed E-state index contributed by atoms with van der Waals surface area (Å²) >= 11 is 13.4. The molecule has 3 rings (SSSR count). The van der Waals surface area contributed by atoms with Gasteiger partial charge in [-0.3, -0.25) is 9.59 Å².